The summed E-state index contributed by atoms with van der Waals surface area (Å²) >= 11 is 0. The van der Waals surface area contributed by atoms with Crippen molar-refractivity contribution < 1.29 is 23.8 Å². The highest BCUT2D eigenvalue weighted by molar-refractivity contribution is 6.01. The molecule has 1 saturated heterocycles. The van der Waals surface area contributed by atoms with E-state index in [0.717, 1.165) is 18.4 Å². The fourth-order valence-corrected chi connectivity index (χ4v) is 3.37. The number of carbonyl (C=O) groups is 2. The van der Waals surface area contributed by atoms with Crippen LogP contribution in [0.25, 0.3) is 0 Å². The van der Waals surface area contributed by atoms with Crippen molar-refractivity contribution in [1.29, 1.82) is 0 Å². The quantitative estimate of drug-likeness (QED) is 0.631. The van der Waals surface area contributed by atoms with Gasteiger partial charge < -0.3 is 14.2 Å². The predicted molar refractivity (Wildman–Crippen MR) is 77.9 cm³/mol. The first kappa shape index (κ1) is 15.0. The molecule has 5 heteroatoms. The fourth-order valence-electron chi connectivity index (χ4n) is 3.37. The van der Waals surface area contributed by atoms with Gasteiger partial charge in [0.05, 0.1) is 26.4 Å². The van der Waals surface area contributed by atoms with E-state index in [-0.39, 0.29) is 18.4 Å². The molecule has 22 heavy (non-hydrogen) atoms. The summed E-state index contributed by atoms with van der Waals surface area (Å²) in [5.41, 5.74) is -0.395. The molecular weight excluding hydrogens is 284 g/mol. The molecule has 0 aromatic heterocycles. The summed E-state index contributed by atoms with van der Waals surface area (Å²) in [5.74, 6) is -0.906. The van der Waals surface area contributed by atoms with E-state index in [4.69, 9.17) is 14.2 Å². The summed E-state index contributed by atoms with van der Waals surface area (Å²) in [6.07, 6.45) is 1.41. The Balaban J connectivity index is 1.99. The lowest BCUT2D eigenvalue weighted by molar-refractivity contribution is -0.174. The molecule has 1 aromatic carbocycles. The zero-order valence-electron chi connectivity index (χ0n) is 12.8. The topological polar surface area (TPSA) is 61.8 Å². The van der Waals surface area contributed by atoms with Gasteiger partial charge >= 0.3 is 11.9 Å². The molecule has 0 unspecified atom stereocenters. The monoisotopic (exact) mass is 304 g/mol. The largest absolute Gasteiger partial charge is 0.468 e. The van der Waals surface area contributed by atoms with Gasteiger partial charge in [-0.3, -0.25) is 9.59 Å². The molecule has 5 nitrogen and oxygen atoms in total. The third kappa shape index (κ3) is 2.29. The smallest absolute Gasteiger partial charge is 0.326 e. The van der Waals surface area contributed by atoms with Crippen LogP contribution in [0.15, 0.2) is 30.3 Å². The first-order valence-electron chi connectivity index (χ1n) is 7.50. The van der Waals surface area contributed by atoms with Gasteiger partial charge in [0.1, 0.15) is 0 Å². The van der Waals surface area contributed by atoms with Crippen LogP contribution < -0.4 is 0 Å². The van der Waals surface area contributed by atoms with Crippen LogP contribution in [0.1, 0.15) is 30.9 Å². The summed E-state index contributed by atoms with van der Waals surface area (Å²) in [5, 5.41) is 0. The van der Waals surface area contributed by atoms with Crippen LogP contribution >= 0.6 is 0 Å². The van der Waals surface area contributed by atoms with E-state index in [1.54, 1.807) is 0 Å². The van der Waals surface area contributed by atoms with Crippen LogP contribution in [0.3, 0.4) is 0 Å². The standard InChI is InChI=1S/C17H20O5/c1-20-15(18)17(16(19)21-2)10-13(11-6-4-3-5-7-11)22-14(17)12-8-9-12/h3-7,12-14H,8-10H2,1-2H3/t13-,14-/m1/s1. The Morgan fingerprint density at radius 1 is 1.09 bits per heavy atom. The molecule has 2 fully saturated rings. The second-order valence-corrected chi connectivity index (χ2v) is 5.95. The molecule has 1 aliphatic heterocycles. The number of esters is 2. The Morgan fingerprint density at radius 2 is 1.68 bits per heavy atom. The highest BCUT2D eigenvalue weighted by Crippen LogP contribution is 2.54. The lowest BCUT2D eigenvalue weighted by atomic mass is 9.77. The van der Waals surface area contributed by atoms with Crippen LogP contribution in [0.5, 0.6) is 0 Å². The van der Waals surface area contributed by atoms with Gasteiger partial charge in [-0.2, -0.15) is 0 Å². The van der Waals surface area contributed by atoms with Gasteiger partial charge in [0.25, 0.3) is 0 Å². The molecule has 1 aliphatic carbocycles. The number of methoxy groups -OCH3 is 2. The van der Waals surface area contributed by atoms with Gasteiger partial charge in [-0.1, -0.05) is 30.3 Å². The van der Waals surface area contributed by atoms with Crippen LogP contribution in [-0.4, -0.2) is 32.3 Å². The van der Waals surface area contributed by atoms with Gasteiger partial charge in [-0.15, -0.1) is 0 Å². The maximum absolute atomic E-state index is 12.5. The minimum Gasteiger partial charge on any atom is -0.468 e. The predicted octanol–water partition coefficient (Wildman–Crippen LogP) is 2.26. The Labute approximate surface area is 129 Å². The number of ether oxygens (including phenoxy) is 3. The van der Waals surface area contributed by atoms with Crippen molar-refractivity contribution in [3.63, 3.8) is 0 Å². The average molecular weight is 304 g/mol. The second-order valence-electron chi connectivity index (χ2n) is 5.95. The van der Waals surface area contributed by atoms with Crippen molar-refractivity contribution in [2.24, 2.45) is 11.3 Å². The number of benzene rings is 1. The molecule has 2 atom stereocenters. The minimum absolute atomic E-state index is 0.215. The summed E-state index contributed by atoms with van der Waals surface area (Å²) < 4.78 is 16.0. The normalized spacial score (nSPS) is 26.5. The summed E-state index contributed by atoms with van der Waals surface area (Å²) in [6, 6.07) is 9.64. The molecule has 1 aromatic rings. The van der Waals surface area contributed by atoms with Crippen molar-refractivity contribution in [1.82, 2.24) is 0 Å². The number of hydrogen-bond donors (Lipinski definition) is 0. The fraction of sp³-hybridized carbons (Fsp3) is 0.529. The third-order valence-electron chi connectivity index (χ3n) is 4.62. The SMILES string of the molecule is COC(=O)C1(C(=O)OC)C[C@H](c2ccccc2)O[C@@H]1C1CC1. The molecule has 0 amide bonds. The van der Waals surface area contributed by atoms with Gasteiger partial charge in [0.15, 0.2) is 5.41 Å². The van der Waals surface area contributed by atoms with Gasteiger partial charge in [0.2, 0.25) is 0 Å². The maximum atomic E-state index is 12.5. The van der Waals surface area contributed by atoms with E-state index in [0.29, 0.717) is 0 Å². The number of rotatable bonds is 4. The van der Waals surface area contributed by atoms with Gasteiger partial charge in [0, 0.05) is 6.42 Å². The van der Waals surface area contributed by atoms with Crippen molar-refractivity contribution >= 4 is 11.9 Å². The first-order valence-corrected chi connectivity index (χ1v) is 7.50. The zero-order chi connectivity index (χ0) is 15.7. The summed E-state index contributed by atoms with van der Waals surface area (Å²) in [6.45, 7) is 0. The maximum Gasteiger partial charge on any atom is 0.326 e. The van der Waals surface area contributed by atoms with E-state index < -0.39 is 23.5 Å². The van der Waals surface area contributed by atoms with E-state index in [1.165, 1.54) is 14.2 Å². The Kier molecular flexibility index (Phi) is 3.91. The van der Waals surface area contributed by atoms with Gasteiger partial charge in [-0.05, 0) is 24.3 Å². The molecule has 0 bridgehead atoms. The Morgan fingerprint density at radius 3 is 2.18 bits per heavy atom. The molecule has 0 N–H and O–H groups in total. The lowest BCUT2D eigenvalue weighted by Gasteiger charge is -2.28. The van der Waals surface area contributed by atoms with Gasteiger partial charge in [-0.25, -0.2) is 0 Å². The summed E-state index contributed by atoms with van der Waals surface area (Å²) in [7, 11) is 2.60. The number of hydrogen-bond acceptors (Lipinski definition) is 5. The molecule has 0 spiro atoms. The van der Waals surface area contributed by atoms with Crippen LogP contribution in [0.2, 0.25) is 0 Å². The van der Waals surface area contributed by atoms with Crippen LogP contribution in [0.4, 0.5) is 0 Å². The van der Waals surface area contributed by atoms with Crippen molar-refractivity contribution in [2.45, 2.75) is 31.5 Å². The highest BCUT2D eigenvalue weighted by atomic mass is 16.6. The second kappa shape index (κ2) is 5.72. The molecule has 2 aliphatic rings. The molecule has 0 radical (unpaired) electrons. The Bertz CT molecular complexity index is 548. The number of carbonyl (C=O) groups excluding carboxylic acids is 2. The van der Waals surface area contributed by atoms with Crippen molar-refractivity contribution in [3.8, 4) is 0 Å². The lowest BCUT2D eigenvalue weighted by Crippen LogP contribution is -2.48. The van der Waals surface area contributed by atoms with E-state index in [2.05, 4.69) is 0 Å². The zero-order valence-corrected chi connectivity index (χ0v) is 12.8. The molecular formula is C17H20O5. The average Bonchev–Trinajstić information content (AvgIpc) is 3.33. The van der Waals surface area contributed by atoms with Crippen LogP contribution in [-0.2, 0) is 23.8 Å². The van der Waals surface area contributed by atoms with E-state index in [1.807, 2.05) is 30.3 Å². The summed E-state index contributed by atoms with van der Waals surface area (Å²) in [4.78, 5) is 24.9. The van der Waals surface area contributed by atoms with E-state index in [9.17, 15) is 9.59 Å². The molecule has 3 rings (SSSR count). The molecule has 118 valence electrons. The highest BCUT2D eigenvalue weighted by Gasteiger charge is 2.65. The minimum atomic E-state index is -1.36. The molecule has 1 saturated carbocycles. The van der Waals surface area contributed by atoms with Crippen molar-refractivity contribution in [3.05, 3.63) is 35.9 Å². The van der Waals surface area contributed by atoms with E-state index >= 15 is 0 Å². The molecule has 1 heterocycles. The third-order valence-corrected chi connectivity index (χ3v) is 4.62. The van der Waals surface area contributed by atoms with Crippen LogP contribution in [0, 0.1) is 11.3 Å². The Hall–Kier alpha value is -1.88. The van der Waals surface area contributed by atoms with Crippen molar-refractivity contribution in [2.75, 3.05) is 14.2 Å². The first-order chi connectivity index (χ1) is 10.6.